The predicted molar refractivity (Wildman–Crippen MR) is 85.8 cm³/mol. The third-order valence-corrected chi connectivity index (χ3v) is 4.12. The number of hydrogen-bond donors (Lipinski definition) is 0. The molecule has 0 heteroatoms. The van der Waals surface area contributed by atoms with Crippen molar-refractivity contribution in [1.82, 2.24) is 0 Å². The summed E-state index contributed by atoms with van der Waals surface area (Å²) in [5, 5.41) is 0. The van der Waals surface area contributed by atoms with Gasteiger partial charge in [0.2, 0.25) is 0 Å². The predicted octanol–water partition coefficient (Wildman–Crippen LogP) is 5.29. The van der Waals surface area contributed by atoms with Crippen LogP contribution in [0.4, 0.5) is 0 Å². The molecule has 0 heterocycles. The number of hydrogen-bond acceptors (Lipinski definition) is 0. The summed E-state index contributed by atoms with van der Waals surface area (Å²) in [5.41, 5.74) is 5.57. The lowest BCUT2D eigenvalue weighted by Crippen LogP contribution is -2.12. The van der Waals surface area contributed by atoms with Gasteiger partial charge in [0.05, 0.1) is 0 Å². The van der Waals surface area contributed by atoms with Gasteiger partial charge in [-0.2, -0.15) is 0 Å². The van der Waals surface area contributed by atoms with Gasteiger partial charge in [0, 0.05) is 5.92 Å². The number of aryl methyl sites for hydroxylation is 1. The van der Waals surface area contributed by atoms with E-state index >= 15 is 0 Å². The van der Waals surface area contributed by atoms with E-state index in [2.05, 4.69) is 73.3 Å². The molecular formula is C20H20. The maximum Gasteiger partial charge on any atom is 0.0123 e. The first-order valence-electron chi connectivity index (χ1n) is 7.31. The van der Waals surface area contributed by atoms with Crippen molar-refractivity contribution in [2.75, 3.05) is 0 Å². The minimum absolute atomic E-state index is 0.569. The fraction of sp³-hybridized carbons (Fsp3) is 0.200. The van der Waals surface area contributed by atoms with E-state index in [9.17, 15) is 0 Å². The SMILES string of the molecule is C=C(CCc1ccccc1)C1=CCC1c1ccccc1. The highest BCUT2D eigenvalue weighted by Crippen LogP contribution is 2.41. The largest absolute Gasteiger partial charge is 0.0955 e. The van der Waals surface area contributed by atoms with Gasteiger partial charge in [0.15, 0.2) is 0 Å². The zero-order chi connectivity index (χ0) is 13.8. The van der Waals surface area contributed by atoms with E-state index in [1.54, 1.807) is 0 Å². The van der Waals surface area contributed by atoms with Crippen molar-refractivity contribution in [1.29, 1.82) is 0 Å². The van der Waals surface area contributed by atoms with Crippen LogP contribution in [0.2, 0.25) is 0 Å². The van der Waals surface area contributed by atoms with Crippen molar-refractivity contribution in [3.05, 3.63) is 95.6 Å². The van der Waals surface area contributed by atoms with Crippen LogP contribution in [-0.2, 0) is 6.42 Å². The fourth-order valence-corrected chi connectivity index (χ4v) is 2.83. The maximum atomic E-state index is 4.30. The Morgan fingerprint density at radius 2 is 1.60 bits per heavy atom. The van der Waals surface area contributed by atoms with Crippen LogP contribution >= 0.6 is 0 Å². The van der Waals surface area contributed by atoms with E-state index in [-0.39, 0.29) is 0 Å². The summed E-state index contributed by atoms with van der Waals surface area (Å²) in [5.74, 6) is 0.569. The summed E-state index contributed by atoms with van der Waals surface area (Å²) in [6.07, 6.45) is 5.63. The van der Waals surface area contributed by atoms with E-state index in [4.69, 9.17) is 0 Å². The monoisotopic (exact) mass is 260 g/mol. The molecule has 1 aliphatic carbocycles. The molecular weight excluding hydrogens is 240 g/mol. The molecule has 0 aliphatic heterocycles. The number of benzene rings is 2. The molecule has 0 nitrogen and oxygen atoms in total. The van der Waals surface area contributed by atoms with Crippen LogP contribution in [0, 0.1) is 0 Å². The lowest BCUT2D eigenvalue weighted by Gasteiger charge is -2.29. The van der Waals surface area contributed by atoms with E-state index < -0.39 is 0 Å². The highest BCUT2D eigenvalue weighted by atomic mass is 14.3. The van der Waals surface area contributed by atoms with Crippen molar-refractivity contribution in [3.8, 4) is 0 Å². The Bertz CT molecular complexity index is 605. The van der Waals surface area contributed by atoms with Crippen molar-refractivity contribution in [2.45, 2.75) is 25.2 Å². The molecule has 0 bridgehead atoms. The molecule has 1 unspecified atom stereocenters. The van der Waals surface area contributed by atoms with Gasteiger partial charge >= 0.3 is 0 Å². The number of rotatable bonds is 5. The Labute approximate surface area is 121 Å². The quantitative estimate of drug-likeness (QED) is 0.685. The van der Waals surface area contributed by atoms with Gasteiger partial charge < -0.3 is 0 Å². The zero-order valence-corrected chi connectivity index (χ0v) is 11.8. The Morgan fingerprint density at radius 1 is 0.950 bits per heavy atom. The Morgan fingerprint density at radius 3 is 2.20 bits per heavy atom. The minimum Gasteiger partial charge on any atom is -0.0955 e. The Balaban J connectivity index is 1.61. The van der Waals surface area contributed by atoms with Gasteiger partial charge in [-0.25, -0.2) is 0 Å². The van der Waals surface area contributed by atoms with E-state index in [1.165, 1.54) is 22.3 Å². The van der Waals surface area contributed by atoms with E-state index in [0.717, 1.165) is 19.3 Å². The molecule has 0 fully saturated rings. The third-order valence-electron chi connectivity index (χ3n) is 4.12. The van der Waals surface area contributed by atoms with Crippen molar-refractivity contribution >= 4 is 0 Å². The molecule has 100 valence electrons. The third kappa shape index (κ3) is 2.75. The van der Waals surface area contributed by atoms with Gasteiger partial charge in [0.25, 0.3) is 0 Å². The molecule has 2 aromatic rings. The summed E-state index contributed by atoms with van der Waals surface area (Å²) in [7, 11) is 0. The molecule has 1 aliphatic rings. The lowest BCUT2D eigenvalue weighted by atomic mass is 9.75. The average molecular weight is 260 g/mol. The Hall–Kier alpha value is -2.08. The van der Waals surface area contributed by atoms with Crippen LogP contribution in [0.25, 0.3) is 0 Å². The normalized spacial score (nSPS) is 17.2. The first-order valence-corrected chi connectivity index (χ1v) is 7.31. The van der Waals surface area contributed by atoms with Crippen LogP contribution in [0.5, 0.6) is 0 Å². The van der Waals surface area contributed by atoms with Gasteiger partial charge in [0.1, 0.15) is 0 Å². The second kappa shape index (κ2) is 5.92. The van der Waals surface area contributed by atoms with Crippen LogP contribution in [0.3, 0.4) is 0 Å². The maximum absolute atomic E-state index is 4.30. The molecule has 20 heavy (non-hydrogen) atoms. The second-order valence-corrected chi connectivity index (χ2v) is 5.45. The van der Waals surface area contributed by atoms with E-state index in [0.29, 0.717) is 5.92 Å². The van der Waals surface area contributed by atoms with Crippen molar-refractivity contribution in [3.63, 3.8) is 0 Å². The molecule has 0 N–H and O–H groups in total. The smallest absolute Gasteiger partial charge is 0.0123 e. The van der Waals surface area contributed by atoms with E-state index in [1.807, 2.05) is 0 Å². The van der Waals surface area contributed by atoms with Gasteiger partial charge in [-0.05, 0) is 36.0 Å². The summed E-state index contributed by atoms with van der Waals surface area (Å²) in [6, 6.07) is 21.4. The van der Waals surface area contributed by atoms with Crippen LogP contribution in [-0.4, -0.2) is 0 Å². The molecule has 0 aromatic heterocycles. The summed E-state index contributed by atoms with van der Waals surface area (Å²) >= 11 is 0. The van der Waals surface area contributed by atoms with Crippen LogP contribution < -0.4 is 0 Å². The second-order valence-electron chi connectivity index (χ2n) is 5.45. The zero-order valence-electron chi connectivity index (χ0n) is 11.8. The fourth-order valence-electron chi connectivity index (χ4n) is 2.83. The first kappa shape index (κ1) is 12.9. The van der Waals surface area contributed by atoms with Crippen molar-refractivity contribution < 1.29 is 0 Å². The standard InChI is InChI=1S/C20H20/c1-16(12-13-17-8-4-2-5-9-17)19-14-15-20(19)18-10-6-3-7-11-18/h2-11,14,20H,1,12-13,15H2. The molecule has 0 radical (unpaired) electrons. The highest BCUT2D eigenvalue weighted by molar-refractivity contribution is 5.46. The molecule has 1 atom stereocenters. The molecule has 0 amide bonds. The molecule has 0 saturated carbocycles. The highest BCUT2D eigenvalue weighted by Gasteiger charge is 2.24. The van der Waals surface area contributed by atoms with Crippen LogP contribution in [0.1, 0.15) is 29.9 Å². The van der Waals surface area contributed by atoms with Gasteiger partial charge in [-0.15, -0.1) is 0 Å². The topological polar surface area (TPSA) is 0 Å². The Kier molecular flexibility index (Phi) is 3.83. The summed E-state index contributed by atoms with van der Waals surface area (Å²) < 4.78 is 0. The summed E-state index contributed by atoms with van der Waals surface area (Å²) in [4.78, 5) is 0. The molecule has 2 aromatic carbocycles. The molecule has 0 saturated heterocycles. The minimum atomic E-state index is 0.569. The number of allylic oxidation sites excluding steroid dienone is 3. The van der Waals surface area contributed by atoms with Gasteiger partial charge in [-0.3, -0.25) is 0 Å². The molecule has 3 rings (SSSR count). The molecule has 0 spiro atoms. The summed E-state index contributed by atoms with van der Waals surface area (Å²) in [6.45, 7) is 4.30. The van der Waals surface area contributed by atoms with Crippen molar-refractivity contribution in [2.24, 2.45) is 0 Å². The average Bonchev–Trinajstić information content (AvgIpc) is 2.46. The van der Waals surface area contributed by atoms with Crippen LogP contribution in [0.15, 0.2) is 84.5 Å². The van der Waals surface area contributed by atoms with Gasteiger partial charge in [-0.1, -0.05) is 78.9 Å². The first-order chi connectivity index (χ1) is 9.84. The lowest BCUT2D eigenvalue weighted by molar-refractivity contribution is 0.721.